The maximum atomic E-state index is 13.0. The summed E-state index contributed by atoms with van der Waals surface area (Å²) in [5, 5.41) is 2.48. The molecule has 0 bridgehead atoms. The number of halogens is 3. The Balaban J connectivity index is 2.16. The second-order valence-electron chi connectivity index (χ2n) is 3.92. The molecule has 1 heterocycles. The van der Waals surface area contributed by atoms with Gasteiger partial charge >= 0.3 is 0 Å². The predicted molar refractivity (Wildman–Crippen MR) is 60.8 cm³/mol. The standard InChI is InChI=1S/C12H10F3N3O/c1-6(11-16-2-3-17-11)18-12(19)7-4-8(13)10(15)9(14)5-7/h2-6H,1H3,(H,16,17)(H,18,19). The smallest absolute Gasteiger partial charge is 0.252 e. The highest BCUT2D eigenvalue weighted by atomic mass is 19.2. The lowest BCUT2D eigenvalue weighted by atomic mass is 10.1. The van der Waals surface area contributed by atoms with Crippen LogP contribution in [0.15, 0.2) is 24.5 Å². The van der Waals surface area contributed by atoms with Crippen LogP contribution in [0, 0.1) is 17.5 Å². The Hall–Kier alpha value is -2.31. The van der Waals surface area contributed by atoms with E-state index in [4.69, 9.17) is 0 Å². The zero-order chi connectivity index (χ0) is 14.0. The molecular formula is C12H10F3N3O. The van der Waals surface area contributed by atoms with Gasteiger partial charge in [0, 0.05) is 18.0 Å². The van der Waals surface area contributed by atoms with Crippen molar-refractivity contribution in [1.29, 1.82) is 0 Å². The molecule has 1 amide bonds. The maximum Gasteiger partial charge on any atom is 0.252 e. The third-order valence-corrected chi connectivity index (χ3v) is 2.52. The SMILES string of the molecule is CC(NC(=O)c1cc(F)c(F)c(F)c1)c1ncc[nH]1. The fraction of sp³-hybridized carbons (Fsp3) is 0.167. The van der Waals surface area contributed by atoms with E-state index in [0.29, 0.717) is 18.0 Å². The largest absolute Gasteiger partial charge is 0.347 e. The topological polar surface area (TPSA) is 57.8 Å². The number of imidazole rings is 1. The van der Waals surface area contributed by atoms with Crippen molar-refractivity contribution in [2.24, 2.45) is 0 Å². The summed E-state index contributed by atoms with van der Waals surface area (Å²) in [4.78, 5) is 18.5. The molecule has 0 aliphatic rings. The summed E-state index contributed by atoms with van der Waals surface area (Å²) < 4.78 is 38.8. The molecular weight excluding hydrogens is 259 g/mol. The minimum absolute atomic E-state index is 0.296. The first kappa shape index (κ1) is 13.1. The van der Waals surface area contributed by atoms with Gasteiger partial charge in [0.2, 0.25) is 0 Å². The lowest BCUT2D eigenvalue weighted by Gasteiger charge is -2.11. The van der Waals surface area contributed by atoms with Crippen LogP contribution in [0.3, 0.4) is 0 Å². The zero-order valence-corrected chi connectivity index (χ0v) is 9.88. The summed E-state index contributed by atoms with van der Waals surface area (Å²) in [6.45, 7) is 1.65. The summed E-state index contributed by atoms with van der Waals surface area (Å²) >= 11 is 0. The molecule has 0 spiro atoms. The van der Waals surface area contributed by atoms with E-state index in [2.05, 4.69) is 15.3 Å². The van der Waals surface area contributed by atoms with Crippen molar-refractivity contribution >= 4 is 5.91 Å². The number of H-pyrrole nitrogens is 1. The third kappa shape index (κ3) is 2.75. The molecule has 1 atom stereocenters. The van der Waals surface area contributed by atoms with Gasteiger partial charge in [-0.2, -0.15) is 0 Å². The van der Waals surface area contributed by atoms with E-state index in [-0.39, 0.29) is 5.56 Å². The summed E-state index contributed by atoms with van der Waals surface area (Å²) in [6, 6.07) is 0.809. The molecule has 0 saturated heterocycles. The van der Waals surface area contributed by atoms with Gasteiger partial charge in [-0.3, -0.25) is 4.79 Å². The fourth-order valence-electron chi connectivity index (χ4n) is 1.55. The predicted octanol–water partition coefficient (Wildman–Crippen LogP) is 2.32. The highest BCUT2D eigenvalue weighted by Gasteiger charge is 2.17. The number of aromatic nitrogens is 2. The van der Waals surface area contributed by atoms with E-state index in [0.717, 1.165) is 0 Å². The van der Waals surface area contributed by atoms with Crippen molar-refractivity contribution in [2.45, 2.75) is 13.0 Å². The number of hydrogen-bond donors (Lipinski definition) is 2. The monoisotopic (exact) mass is 269 g/mol. The molecule has 2 N–H and O–H groups in total. The quantitative estimate of drug-likeness (QED) is 0.840. The number of aromatic amines is 1. The van der Waals surface area contributed by atoms with Gasteiger partial charge in [0.25, 0.3) is 5.91 Å². The van der Waals surface area contributed by atoms with E-state index < -0.39 is 29.4 Å². The Morgan fingerprint density at radius 3 is 2.47 bits per heavy atom. The molecule has 0 fully saturated rings. The minimum atomic E-state index is -1.60. The lowest BCUT2D eigenvalue weighted by molar-refractivity contribution is 0.0937. The van der Waals surface area contributed by atoms with Gasteiger partial charge in [0.05, 0.1) is 6.04 Å². The molecule has 19 heavy (non-hydrogen) atoms. The normalized spacial score (nSPS) is 12.2. The number of rotatable bonds is 3. The molecule has 0 aliphatic heterocycles. The fourth-order valence-corrected chi connectivity index (χ4v) is 1.55. The average Bonchev–Trinajstić information content (AvgIpc) is 2.89. The summed E-state index contributed by atoms with van der Waals surface area (Å²) in [6.07, 6.45) is 3.09. The number of benzene rings is 1. The Bertz CT molecular complexity index is 575. The first-order chi connectivity index (χ1) is 8.99. The zero-order valence-electron chi connectivity index (χ0n) is 9.88. The van der Waals surface area contributed by atoms with Crippen LogP contribution < -0.4 is 5.32 Å². The van der Waals surface area contributed by atoms with Crippen LogP contribution in [0.25, 0.3) is 0 Å². The first-order valence-corrected chi connectivity index (χ1v) is 5.43. The summed E-state index contributed by atoms with van der Waals surface area (Å²) in [5.74, 6) is -4.64. The van der Waals surface area contributed by atoms with Gasteiger partial charge in [-0.25, -0.2) is 18.2 Å². The van der Waals surface area contributed by atoms with Crippen molar-refractivity contribution in [3.8, 4) is 0 Å². The van der Waals surface area contributed by atoms with Crippen LogP contribution >= 0.6 is 0 Å². The van der Waals surface area contributed by atoms with Crippen LogP contribution in [-0.4, -0.2) is 15.9 Å². The molecule has 4 nitrogen and oxygen atoms in total. The molecule has 0 radical (unpaired) electrons. The van der Waals surface area contributed by atoms with Crippen LogP contribution in [0.4, 0.5) is 13.2 Å². The van der Waals surface area contributed by atoms with Crippen LogP contribution in [0.1, 0.15) is 29.1 Å². The van der Waals surface area contributed by atoms with Gasteiger partial charge < -0.3 is 10.3 Å². The van der Waals surface area contributed by atoms with E-state index in [9.17, 15) is 18.0 Å². The molecule has 2 rings (SSSR count). The Morgan fingerprint density at radius 1 is 1.32 bits per heavy atom. The molecule has 0 aliphatic carbocycles. The third-order valence-electron chi connectivity index (χ3n) is 2.52. The number of nitrogens with zero attached hydrogens (tertiary/aromatic N) is 1. The number of carbonyl (C=O) groups is 1. The highest BCUT2D eigenvalue weighted by molar-refractivity contribution is 5.94. The van der Waals surface area contributed by atoms with Crippen molar-refractivity contribution in [1.82, 2.24) is 15.3 Å². The van der Waals surface area contributed by atoms with Crippen LogP contribution in [-0.2, 0) is 0 Å². The van der Waals surface area contributed by atoms with E-state index in [1.165, 1.54) is 6.20 Å². The molecule has 1 unspecified atom stereocenters. The number of amides is 1. The number of nitrogens with one attached hydrogen (secondary N) is 2. The van der Waals surface area contributed by atoms with Gasteiger partial charge in [-0.05, 0) is 19.1 Å². The summed E-state index contributed by atoms with van der Waals surface area (Å²) in [7, 11) is 0. The second kappa shape index (κ2) is 5.13. The molecule has 7 heteroatoms. The Kier molecular flexibility index (Phi) is 3.55. The van der Waals surface area contributed by atoms with Crippen molar-refractivity contribution in [3.05, 3.63) is 53.4 Å². The Morgan fingerprint density at radius 2 is 1.95 bits per heavy atom. The average molecular weight is 269 g/mol. The maximum absolute atomic E-state index is 13.0. The molecule has 2 aromatic rings. The van der Waals surface area contributed by atoms with Crippen LogP contribution in [0.5, 0.6) is 0 Å². The van der Waals surface area contributed by atoms with Crippen molar-refractivity contribution in [2.75, 3.05) is 0 Å². The lowest BCUT2D eigenvalue weighted by Crippen LogP contribution is -2.27. The molecule has 1 aromatic heterocycles. The van der Waals surface area contributed by atoms with E-state index >= 15 is 0 Å². The number of carbonyl (C=O) groups excluding carboxylic acids is 1. The van der Waals surface area contributed by atoms with Gasteiger partial charge in [-0.1, -0.05) is 0 Å². The van der Waals surface area contributed by atoms with E-state index in [1.807, 2.05) is 0 Å². The minimum Gasteiger partial charge on any atom is -0.347 e. The molecule has 100 valence electrons. The van der Waals surface area contributed by atoms with Crippen molar-refractivity contribution < 1.29 is 18.0 Å². The van der Waals surface area contributed by atoms with Crippen LogP contribution in [0.2, 0.25) is 0 Å². The van der Waals surface area contributed by atoms with Crippen molar-refractivity contribution in [3.63, 3.8) is 0 Å². The summed E-state index contributed by atoms with van der Waals surface area (Å²) in [5.41, 5.74) is -0.296. The van der Waals surface area contributed by atoms with Gasteiger partial charge in [-0.15, -0.1) is 0 Å². The van der Waals surface area contributed by atoms with Gasteiger partial charge in [0.1, 0.15) is 5.82 Å². The highest BCUT2D eigenvalue weighted by Crippen LogP contribution is 2.14. The van der Waals surface area contributed by atoms with E-state index in [1.54, 1.807) is 13.1 Å². The molecule has 1 aromatic carbocycles. The second-order valence-corrected chi connectivity index (χ2v) is 3.92. The Labute approximate surface area is 106 Å². The molecule has 0 saturated carbocycles. The van der Waals surface area contributed by atoms with Gasteiger partial charge in [0.15, 0.2) is 17.5 Å². The first-order valence-electron chi connectivity index (χ1n) is 5.43. The number of hydrogen-bond acceptors (Lipinski definition) is 2.